The number of nitrogens with zero attached hydrogens (tertiary/aromatic N) is 2. The van der Waals surface area contributed by atoms with E-state index in [1.165, 1.54) is 16.9 Å². The minimum Gasteiger partial charge on any atom is -0.338 e. The van der Waals surface area contributed by atoms with Gasteiger partial charge in [0.15, 0.2) is 0 Å². The molecule has 0 spiro atoms. The highest BCUT2D eigenvalue weighted by Crippen LogP contribution is 2.32. The second-order valence-electron chi connectivity index (χ2n) is 5.54. The van der Waals surface area contributed by atoms with Gasteiger partial charge in [-0.05, 0) is 44.0 Å². The molecule has 0 saturated carbocycles. The number of likely N-dealkylation sites (tertiary alicyclic amines) is 1. The number of rotatable bonds is 2. The molecule has 1 aliphatic rings. The van der Waals surface area contributed by atoms with Gasteiger partial charge in [0.05, 0.1) is 15.6 Å². The third-order valence-electron chi connectivity index (χ3n) is 3.84. The van der Waals surface area contributed by atoms with Crippen molar-refractivity contribution in [3.05, 3.63) is 55.5 Å². The lowest BCUT2D eigenvalue weighted by atomic mass is 10.0. The van der Waals surface area contributed by atoms with Gasteiger partial charge in [-0.2, -0.15) is 0 Å². The van der Waals surface area contributed by atoms with Crippen LogP contribution in [0, 0.1) is 6.92 Å². The van der Waals surface area contributed by atoms with Crippen molar-refractivity contribution in [2.45, 2.75) is 19.8 Å². The minimum absolute atomic E-state index is 0.0362. The molecule has 0 atom stereocenters. The van der Waals surface area contributed by atoms with E-state index >= 15 is 0 Å². The molecule has 3 heterocycles. The predicted molar refractivity (Wildman–Crippen MR) is 96.4 cm³/mol. The van der Waals surface area contributed by atoms with Gasteiger partial charge in [-0.15, -0.1) is 11.3 Å². The van der Waals surface area contributed by atoms with Crippen LogP contribution in [0.5, 0.6) is 0 Å². The first-order valence-corrected chi connectivity index (χ1v) is 8.97. The minimum atomic E-state index is -0.0362. The number of halogens is 2. The largest absolute Gasteiger partial charge is 0.338 e. The fourth-order valence-corrected chi connectivity index (χ4v) is 4.10. The fraction of sp³-hybridized carbons (Fsp3) is 0.294. The van der Waals surface area contributed by atoms with Crippen molar-refractivity contribution >= 4 is 46.5 Å². The van der Waals surface area contributed by atoms with E-state index in [0.717, 1.165) is 24.2 Å². The highest BCUT2D eigenvalue weighted by Gasteiger charge is 2.23. The Bertz CT molecular complexity index is 760. The summed E-state index contributed by atoms with van der Waals surface area (Å²) in [6, 6.07) is 7.65. The third-order valence-corrected chi connectivity index (χ3v) is 5.33. The van der Waals surface area contributed by atoms with Crippen LogP contribution in [0.15, 0.2) is 29.8 Å². The monoisotopic (exact) mass is 366 g/mol. The summed E-state index contributed by atoms with van der Waals surface area (Å²) in [5.74, 6) is -0.0362. The van der Waals surface area contributed by atoms with E-state index in [-0.39, 0.29) is 5.91 Å². The molecule has 1 saturated heterocycles. The number of amides is 1. The van der Waals surface area contributed by atoms with E-state index < -0.39 is 0 Å². The predicted octanol–water partition coefficient (Wildman–Crippen LogP) is 5.08. The zero-order valence-electron chi connectivity index (χ0n) is 12.7. The number of carbonyl (C=O) groups is 1. The topological polar surface area (TPSA) is 33.2 Å². The first kappa shape index (κ1) is 16.5. The molecule has 1 fully saturated rings. The van der Waals surface area contributed by atoms with Gasteiger partial charge in [-0.25, -0.2) is 0 Å². The van der Waals surface area contributed by atoms with Gasteiger partial charge in [-0.3, -0.25) is 9.78 Å². The Morgan fingerprint density at radius 3 is 2.65 bits per heavy atom. The summed E-state index contributed by atoms with van der Waals surface area (Å²) in [6.07, 6.45) is 3.84. The van der Waals surface area contributed by atoms with Crippen molar-refractivity contribution < 1.29 is 4.79 Å². The van der Waals surface area contributed by atoms with Crippen LogP contribution in [0.25, 0.3) is 6.08 Å². The second-order valence-corrected chi connectivity index (χ2v) is 7.82. The second kappa shape index (κ2) is 7.04. The van der Waals surface area contributed by atoms with E-state index in [9.17, 15) is 4.79 Å². The van der Waals surface area contributed by atoms with E-state index in [1.54, 1.807) is 6.07 Å². The molecule has 3 rings (SSSR count). The van der Waals surface area contributed by atoms with Gasteiger partial charge in [-0.1, -0.05) is 34.8 Å². The third kappa shape index (κ3) is 3.94. The molecule has 0 aromatic carbocycles. The van der Waals surface area contributed by atoms with Crippen molar-refractivity contribution in [3.8, 4) is 0 Å². The molecule has 0 unspecified atom stereocenters. The van der Waals surface area contributed by atoms with Crippen LogP contribution in [-0.4, -0.2) is 28.9 Å². The van der Waals surface area contributed by atoms with E-state index in [0.29, 0.717) is 27.3 Å². The van der Waals surface area contributed by atoms with E-state index in [1.807, 2.05) is 30.0 Å². The van der Waals surface area contributed by atoms with Crippen LogP contribution in [0.2, 0.25) is 8.67 Å². The number of aromatic nitrogens is 1. The molecule has 3 nitrogen and oxygen atoms in total. The molecular weight excluding hydrogens is 351 g/mol. The van der Waals surface area contributed by atoms with Crippen LogP contribution in [-0.2, 0) is 0 Å². The molecule has 1 amide bonds. The molecule has 2 aromatic heterocycles. The molecular formula is C17H16Cl2N2OS. The molecule has 6 heteroatoms. The summed E-state index contributed by atoms with van der Waals surface area (Å²) < 4.78 is 1.01. The van der Waals surface area contributed by atoms with Crippen LogP contribution >= 0.6 is 34.5 Å². The molecule has 0 radical (unpaired) electrons. The van der Waals surface area contributed by atoms with E-state index in [2.05, 4.69) is 11.1 Å². The number of thiophene rings is 1. The molecule has 23 heavy (non-hydrogen) atoms. The number of piperidine rings is 1. The molecule has 0 N–H and O–H groups in total. The summed E-state index contributed by atoms with van der Waals surface area (Å²) >= 11 is 13.2. The lowest BCUT2D eigenvalue weighted by Gasteiger charge is -2.28. The molecule has 0 bridgehead atoms. The smallest absolute Gasteiger partial charge is 0.256 e. The Kier molecular flexibility index (Phi) is 5.05. The van der Waals surface area contributed by atoms with Crippen molar-refractivity contribution in [1.82, 2.24) is 9.88 Å². The molecule has 120 valence electrons. The zero-order chi connectivity index (χ0) is 16.4. The highest BCUT2D eigenvalue weighted by molar-refractivity contribution is 7.20. The quantitative estimate of drug-likeness (QED) is 0.742. The van der Waals surface area contributed by atoms with Crippen LogP contribution < -0.4 is 0 Å². The van der Waals surface area contributed by atoms with Crippen LogP contribution in [0.3, 0.4) is 0 Å². The summed E-state index contributed by atoms with van der Waals surface area (Å²) in [5.41, 5.74) is 3.82. The number of hydrogen-bond acceptors (Lipinski definition) is 3. The first-order valence-electron chi connectivity index (χ1n) is 7.40. The standard InChI is InChI=1S/C17H16Cl2N2OS/c1-11-3-2-4-13(20-11)9-12-5-7-21(8-6-12)17(22)14-10-15(18)23-16(14)19/h2-4,9-10H,5-8H2,1H3. The van der Waals surface area contributed by atoms with Crippen molar-refractivity contribution in [2.75, 3.05) is 13.1 Å². The van der Waals surface area contributed by atoms with Crippen molar-refractivity contribution in [2.24, 2.45) is 0 Å². The number of carbonyl (C=O) groups excluding carboxylic acids is 1. The lowest BCUT2D eigenvalue weighted by molar-refractivity contribution is 0.0744. The maximum absolute atomic E-state index is 12.5. The Hall–Kier alpha value is -1.36. The van der Waals surface area contributed by atoms with Gasteiger partial charge in [0.1, 0.15) is 4.34 Å². The van der Waals surface area contributed by atoms with Gasteiger partial charge in [0.25, 0.3) is 5.91 Å². The average molecular weight is 367 g/mol. The van der Waals surface area contributed by atoms with Crippen molar-refractivity contribution in [3.63, 3.8) is 0 Å². The summed E-state index contributed by atoms with van der Waals surface area (Å²) in [4.78, 5) is 18.8. The molecule has 0 aliphatic carbocycles. The summed E-state index contributed by atoms with van der Waals surface area (Å²) in [5, 5.41) is 0. The summed E-state index contributed by atoms with van der Waals surface area (Å²) in [6.45, 7) is 3.37. The van der Waals surface area contributed by atoms with Crippen LogP contribution in [0.4, 0.5) is 0 Å². The van der Waals surface area contributed by atoms with Gasteiger partial charge < -0.3 is 4.90 Å². The van der Waals surface area contributed by atoms with Crippen molar-refractivity contribution in [1.29, 1.82) is 0 Å². The molecule has 2 aromatic rings. The number of aryl methyl sites for hydroxylation is 1. The maximum atomic E-state index is 12.5. The summed E-state index contributed by atoms with van der Waals surface area (Å²) in [7, 11) is 0. The Morgan fingerprint density at radius 2 is 2.04 bits per heavy atom. The Labute approximate surface area is 149 Å². The number of pyridine rings is 1. The Morgan fingerprint density at radius 1 is 1.30 bits per heavy atom. The fourth-order valence-electron chi connectivity index (χ4n) is 2.65. The number of hydrogen-bond donors (Lipinski definition) is 0. The lowest BCUT2D eigenvalue weighted by Crippen LogP contribution is -2.36. The van der Waals surface area contributed by atoms with Gasteiger partial charge in [0, 0.05) is 18.8 Å². The van der Waals surface area contributed by atoms with Gasteiger partial charge in [0.2, 0.25) is 0 Å². The normalized spacial score (nSPS) is 14.9. The van der Waals surface area contributed by atoms with E-state index in [4.69, 9.17) is 23.2 Å². The molecule has 1 aliphatic heterocycles. The highest BCUT2D eigenvalue weighted by atomic mass is 35.5. The SMILES string of the molecule is Cc1cccc(C=C2CCN(C(=O)c3cc(Cl)sc3Cl)CC2)n1. The maximum Gasteiger partial charge on any atom is 0.256 e. The zero-order valence-corrected chi connectivity index (χ0v) is 15.0. The van der Waals surface area contributed by atoms with Crippen LogP contribution in [0.1, 0.15) is 34.6 Å². The van der Waals surface area contributed by atoms with Gasteiger partial charge >= 0.3 is 0 Å². The average Bonchev–Trinajstić information content (AvgIpc) is 2.86. The Balaban J connectivity index is 1.66. The first-order chi connectivity index (χ1) is 11.0.